The van der Waals surface area contributed by atoms with Crippen LogP contribution in [0.4, 0.5) is 0 Å². The van der Waals surface area contributed by atoms with Gasteiger partial charge in [-0.05, 0) is 55.4 Å². The van der Waals surface area contributed by atoms with Crippen LogP contribution in [-0.4, -0.2) is 9.79 Å². The number of unbranched alkanes of at least 4 members (excludes halogenated alkanes) is 2. The number of hydrogen-bond donors (Lipinski definition) is 2. The minimum absolute atomic E-state index is 0.268. The molecule has 0 saturated carbocycles. The molecule has 0 spiro atoms. The highest BCUT2D eigenvalue weighted by Crippen LogP contribution is 2.40. The lowest BCUT2D eigenvalue weighted by Crippen LogP contribution is -1.98. The highest BCUT2D eigenvalue weighted by Gasteiger charge is 2.18. The van der Waals surface area contributed by atoms with Crippen molar-refractivity contribution in [1.82, 2.24) is 0 Å². The van der Waals surface area contributed by atoms with Crippen LogP contribution in [0.3, 0.4) is 0 Å². The van der Waals surface area contributed by atoms with E-state index in [1.54, 1.807) is 6.07 Å². The van der Waals surface area contributed by atoms with Crippen molar-refractivity contribution in [1.29, 1.82) is 0 Å². The summed E-state index contributed by atoms with van der Waals surface area (Å²) in [7, 11) is -4.49. The average Bonchev–Trinajstić information content (AvgIpc) is 2.35. The first-order chi connectivity index (χ1) is 9.70. The number of phosphoric acid groups is 1. The minimum Gasteiger partial charge on any atom is -0.404 e. The molecule has 0 bridgehead atoms. The van der Waals surface area contributed by atoms with Crippen molar-refractivity contribution < 1.29 is 18.9 Å². The molecule has 0 aliphatic carbocycles. The first-order valence-electron chi connectivity index (χ1n) is 7.55. The lowest BCUT2D eigenvalue weighted by atomic mass is 9.97. The van der Waals surface area contributed by atoms with E-state index in [4.69, 9.17) is 14.3 Å². The normalized spacial score (nSPS) is 12.0. The van der Waals surface area contributed by atoms with E-state index in [1.807, 2.05) is 19.9 Å². The summed E-state index contributed by atoms with van der Waals surface area (Å²) in [6, 6.07) is 3.57. The third kappa shape index (κ3) is 6.64. The van der Waals surface area contributed by atoms with Crippen molar-refractivity contribution in [2.75, 3.05) is 0 Å². The number of rotatable bonds is 8. The van der Waals surface area contributed by atoms with Gasteiger partial charge in [-0.25, -0.2) is 4.57 Å². The van der Waals surface area contributed by atoms with Crippen LogP contribution in [0.2, 0.25) is 0 Å². The summed E-state index contributed by atoms with van der Waals surface area (Å²) in [4.78, 5) is 17.8. The van der Waals surface area contributed by atoms with E-state index in [-0.39, 0.29) is 5.75 Å². The Kier molecular flexibility index (Phi) is 6.92. The van der Waals surface area contributed by atoms with Crippen LogP contribution < -0.4 is 4.52 Å². The molecule has 0 aliphatic rings. The van der Waals surface area contributed by atoms with Gasteiger partial charge in [0.2, 0.25) is 0 Å². The molecule has 0 heterocycles. The van der Waals surface area contributed by atoms with Gasteiger partial charge in [-0.15, -0.1) is 0 Å². The van der Waals surface area contributed by atoms with Gasteiger partial charge < -0.3 is 4.52 Å². The second-order valence-corrected chi connectivity index (χ2v) is 7.21. The third-order valence-electron chi connectivity index (χ3n) is 3.79. The Balaban J connectivity index is 2.61. The molecule has 0 unspecified atom stereocenters. The predicted octanol–water partition coefficient (Wildman–Crippen LogP) is 4.53. The summed E-state index contributed by atoms with van der Waals surface area (Å²) in [5, 5.41) is 0. The molecule has 0 fully saturated rings. The van der Waals surface area contributed by atoms with Gasteiger partial charge in [0.25, 0.3) is 0 Å². The Hall–Kier alpha value is -0.830. The molecule has 2 N–H and O–H groups in total. The van der Waals surface area contributed by atoms with E-state index in [0.29, 0.717) is 0 Å². The smallest absolute Gasteiger partial charge is 0.404 e. The van der Waals surface area contributed by atoms with Crippen molar-refractivity contribution in [3.63, 3.8) is 0 Å². The quantitative estimate of drug-likeness (QED) is 0.546. The monoisotopic (exact) mass is 314 g/mol. The van der Waals surface area contributed by atoms with Gasteiger partial charge in [-0.1, -0.05) is 39.2 Å². The molecule has 4 nitrogen and oxygen atoms in total. The lowest BCUT2D eigenvalue weighted by Gasteiger charge is -2.14. The molecule has 0 aromatic heterocycles. The van der Waals surface area contributed by atoms with Gasteiger partial charge in [-0.3, -0.25) is 9.79 Å². The van der Waals surface area contributed by atoms with Crippen molar-refractivity contribution in [2.24, 2.45) is 5.92 Å². The maximum absolute atomic E-state index is 10.9. The predicted molar refractivity (Wildman–Crippen MR) is 85.6 cm³/mol. The second-order valence-electron chi connectivity index (χ2n) is 6.05. The van der Waals surface area contributed by atoms with E-state index in [2.05, 4.69) is 13.8 Å². The molecule has 0 radical (unpaired) electrons. The highest BCUT2D eigenvalue weighted by molar-refractivity contribution is 7.46. The second kappa shape index (κ2) is 7.98. The zero-order chi connectivity index (χ0) is 16.0. The van der Waals surface area contributed by atoms with Crippen LogP contribution in [0.25, 0.3) is 0 Å². The molecule has 21 heavy (non-hydrogen) atoms. The Morgan fingerprint density at radius 1 is 1.10 bits per heavy atom. The van der Waals surface area contributed by atoms with Gasteiger partial charge >= 0.3 is 7.82 Å². The summed E-state index contributed by atoms with van der Waals surface area (Å²) in [5.41, 5.74) is 3.10. The SMILES string of the molecule is Cc1c(CCCCCC(C)C)ccc(OP(=O)(O)O)c1C. The zero-order valence-corrected chi connectivity index (χ0v) is 14.3. The van der Waals surface area contributed by atoms with Gasteiger partial charge in [0.15, 0.2) is 0 Å². The summed E-state index contributed by atoms with van der Waals surface area (Å²) < 4.78 is 15.6. The molecule has 120 valence electrons. The Morgan fingerprint density at radius 2 is 1.76 bits per heavy atom. The van der Waals surface area contributed by atoms with E-state index in [9.17, 15) is 4.57 Å². The van der Waals surface area contributed by atoms with Crippen LogP contribution in [0.5, 0.6) is 5.75 Å². The molecule has 1 aromatic rings. The topological polar surface area (TPSA) is 66.8 Å². The molecular formula is C16H27O4P. The summed E-state index contributed by atoms with van der Waals surface area (Å²) in [6.45, 7) is 8.30. The molecule has 5 heteroatoms. The highest BCUT2D eigenvalue weighted by atomic mass is 31.2. The van der Waals surface area contributed by atoms with Crippen molar-refractivity contribution >= 4 is 7.82 Å². The molecule has 0 aliphatic heterocycles. The van der Waals surface area contributed by atoms with Gasteiger partial charge in [-0.2, -0.15) is 0 Å². The van der Waals surface area contributed by atoms with Gasteiger partial charge in [0.05, 0.1) is 0 Å². The molecule has 0 atom stereocenters. The number of phosphoric ester groups is 1. The summed E-state index contributed by atoms with van der Waals surface area (Å²) in [6.07, 6.45) is 5.90. The van der Waals surface area contributed by atoms with E-state index in [1.165, 1.54) is 24.8 Å². The average molecular weight is 314 g/mol. The van der Waals surface area contributed by atoms with Crippen LogP contribution >= 0.6 is 7.82 Å². The van der Waals surface area contributed by atoms with E-state index >= 15 is 0 Å². The molecule has 0 amide bonds. The molecule has 0 saturated heterocycles. The standard InChI is InChI=1S/C16H27O4P/c1-12(2)8-6-5-7-9-15-10-11-16(14(4)13(15)3)20-21(17,18)19/h10-12H,5-9H2,1-4H3,(H2,17,18,19). The van der Waals surface area contributed by atoms with Crippen molar-refractivity contribution in [3.05, 3.63) is 28.8 Å². The van der Waals surface area contributed by atoms with Crippen molar-refractivity contribution in [2.45, 2.75) is 59.8 Å². The number of aryl methyl sites for hydroxylation is 1. The fourth-order valence-electron chi connectivity index (χ4n) is 2.39. The zero-order valence-electron chi connectivity index (χ0n) is 13.4. The molecule has 1 aromatic carbocycles. The van der Waals surface area contributed by atoms with Crippen LogP contribution in [-0.2, 0) is 11.0 Å². The first kappa shape index (κ1) is 18.2. The fourth-order valence-corrected chi connectivity index (χ4v) is 2.85. The van der Waals surface area contributed by atoms with Crippen LogP contribution in [0.1, 0.15) is 56.2 Å². The largest absolute Gasteiger partial charge is 0.524 e. The summed E-state index contributed by atoms with van der Waals surface area (Å²) >= 11 is 0. The maximum atomic E-state index is 10.9. The Labute approximate surface area is 127 Å². The molecule has 1 rings (SSSR count). The van der Waals surface area contributed by atoms with E-state index < -0.39 is 7.82 Å². The van der Waals surface area contributed by atoms with Crippen LogP contribution in [0.15, 0.2) is 12.1 Å². The number of benzene rings is 1. The summed E-state index contributed by atoms with van der Waals surface area (Å²) in [5.74, 6) is 1.03. The number of hydrogen-bond acceptors (Lipinski definition) is 2. The Morgan fingerprint density at radius 3 is 2.33 bits per heavy atom. The maximum Gasteiger partial charge on any atom is 0.524 e. The van der Waals surface area contributed by atoms with Crippen molar-refractivity contribution in [3.8, 4) is 5.75 Å². The van der Waals surface area contributed by atoms with E-state index in [0.717, 1.165) is 29.9 Å². The van der Waals surface area contributed by atoms with Crippen LogP contribution in [0, 0.1) is 19.8 Å². The molecular weight excluding hydrogens is 287 g/mol. The lowest BCUT2D eigenvalue weighted by molar-refractivity contribution is 0.282. The van der Waals surface area contributed by atoms with Gasteiger partial charge in [0.1, 0.15) is 5.75 Å². The third-order valence-corrected chi connectivity index (χ3v) is 4.23. The minimum atomic E-state index is -4.49. The van der Waals surface area contributed by atoms with Gasteiger partial charge in [0, 0.05) is 0 Å². The fraction of sp³-hybridized carbons (Fsp3) is 0.625. The first-order valence-corrected chi connectivity index (χ1v) is 9.08. The Bertz CT molecular complexity index is 505.